The molecule has 0 radical (unpaired) electrons. The van der Waals surface area contributed by atoms with Crippen molar-refractivity contribution in [2.24, 2.45) is 0 Å². The summed E-state index contributed by atoms with van der Waals surface area (Å²) in [6.07, 6.45) is 2.16. The number of hydrogen-bond acceptors (Lipinski definition) is 4. The quantitative estimate of drug-likeness (QED) is 0.746. The first-order chi connectivity index (χ1) is 9.06. The van der Waals surface area contributed by atoms with Gasteiger partial charge in [0.15, 0.2) is 4.77 Å². The fraction of sp³-hybridized carbons (Fsp3) is 0.846. The summed E-state index contributed by atoms with van der Waals surface area (Å²) in [6, 6.07) is 0.749. The highest BCUT2D eigenvalue weighted by molar-refractivity contribution is 7.71. The maximum Gasteiger partial charge on any atom is 0.226 e. The zero-order valence-corrected chi connectivity index (χ0v) is 13.5. The molecule has 5 nitrogen and oxygen atoms in total. The molecule has 0 aliphatic rings. The second-order valence-corrected chi connectivity index (χ2v) is 5.34. The van der Waals surface area contributed by atoms with Gasteiger partial charge in [-0.05, 0) is 38.9 Å². The molecule has 0 fully saturated rings. The van der Waals surface area contributed by atoms with Crippen LogP contribution in [0.1, 0.15) is 46.6 Å². The van der Waals surface area contributed by atoms with E-state index in [4.69, 9.17) is 17.0 Å². The van der Waals surface area contributed by atoms with E-state index < -0.39 is 0 Å². The van der Waals surface area contributed by atoms with Crippen LogP contribution in [0.2, 0.25) is 0 Å². The highest BCUT2D eigenvalue weighted by Crippen LogP contribution is 2.22. The predicted molar refractivity (Wildman–Crippen MR) is 81.4 cm³/mol. The molecule has 0 saturated carbocycles. The molecule has 19 heavy (non-hydrogen) atoms. The Kier molecular flexibility index (Phi) is 6.51. The highest BCUT2D eigenvalue weighted by atomic mass is 32.1. The van der Waals surface area contributed by atoms with Gasteiger partial charge in [-0.3, -0.25) is 4.57 Å². The number of aromatic amines is 1. The average molecular weight is 286 g/mol. The van der Waals surface area contributed by atoms with E-state index in [1.54, 1.807) is 7.11 Å². The molecule has 0 aliphatic carbocycles. The minimum Gasteiger partial charge on any atom is -0.383 e. The van der Waals surface area contributed by atoms with Crippen molar-refractivity contribution in [3.63, 3.8) is 0 Å². The number of H-pyrrole nitrogens is 1. The molecular weight excluding hydrogens is 260 g/mol. The molecule has 1 aromatic rings. The third kappa shape index (κ3) is 3.79. The van der Waals surface area contributed by atoms with Crippen molar-refractivity contribution < 1.29 is 4.74 Å². The lowest BCUT2D eigenvalue weighted by atomic mass is 10.1. The zero-order chi connectivity index (χ0) is 14.4. The second kappa shape index (κ2) is 7.65. The van der Waals surface area contributed by atoms with Crippen molar-refractivity contribution in [3.8, 4) is 0 Å². The van der Waals surface area contributed by atoms with Gasteiger partial charge in [0.2, 0.25) is 5.95 Å². The van der Waals surface area contributed by atoms with Gasteiger partial charge in [-0.25, -0.2) is 5.10 Å². The van der Waals surface area contributed by atoms with Gasteiger partial charge in [-0.2, -0.15) is 0 Å². The molecule has 0 unspecified atom stereocenters. The van der Waals surface area contributed by atoms with E-state index in [1.165, 1.54) is 0 Å². The van der Waals surface area contributed by atoms with Gasteiger partial charge >= 0.3 is 0 Å². The summed E-state index contributed by atoms with van der Waals surface area (Å²) in [5.41, 5.74) is 0. The summed E-state index contributed by atoms with van der Waals surface area (Å²) >= 11 is 5.33. The number of rotatable bonds is 8. The molecule has 1 aromatic heterocycles. The predicted octanol–water partition coefficient (Wildman–Crippen LogP) is 3.16. The van der Waals surface area contributed by atoms with Crippen LogP contribution < -0.4 is 4.90 Å². The SMILES string of the molecule is CCC(CC)N(CCOC)c1n[nH]c(=S)n1C(C)C. The van der Waals surface area contributed by atoms with Crippen molar-refractivity contribution in [2.75, 3.05) is 25.2 Å². The van der Waals surface area contributed by atoms with Gasteiger partial charge in [-0.15, -0.1) is 5.10 Å². The smallest absolute Gasteiger partial charge is 0.226 e. The Bertz CT molecular complexity index is 423. The molecule has 0 atom stereocenters. The van der Waals surface area contributed by atoms with Gasteiger partial charge in [0.05, 0.1) is 6.61 Å². The topological polar surface area (TPSA) is 46.1 Å². The van der Waals surface area contributed by atoms with Crippen molar-refractivity contribution in [2.45, 2.75) is 52.6 Å². The van der Waals surface area contributed by atoms with Gasteiger partial charge in [0, 0.05) is 25.7 Å². The van der Waals surface area contributed by atoms with E-state index in [9.17, 15) is 0 Å². The van der Waals surface area contributed by atoms with Crippen LogP contribution in [0.5, 0.6) is 0 Å². The third-order valence-corrected chi connectivity index (χ3v) is 3.67. The number of hydrogen-bond donors (Lipinski definition) is 1. The Morgan fingerprint density at radius 3 is 2.47 bits per heavy atom. The van der Waals surface area contributed by atoms with E-state index in [1.807, 2.05) is 0 Å². The average Bonchev–Trinajstić information content (AvgIpc) is 2.76. The zero-order valence-electron chi connectivity index (χ0n) is 12.6. The molecular formula is C13H26N4OS. The Labute approximate surface area is 121 Å². The lowest BCUT2D eigenvalue weighted by Gasteiger charge is -2.31. The first-order valence-corrected chi connectivity index (χ1v) is 7.40. The van der Waals surface area contributed by atoms with Gasteiger partial charge in [0.1, 0.15) is 0 Å². The summed E-state index contributed by atoms with van der Waals surface area (Å²) < 4.78 is 7.98. The Morgan fingerprint density at radius 1 is 1.37 bits per heavy atom. The van der Waals surface area contributed by atoms with E-state index in [-0.39, 0.29) is 0 Å². The standard InChI is InChI=1S/C13H26N4OS/c1-6-11(7-2)16(8-9-18-5)12-14-15-13(19)17(12)10(3)4/h10-11H,6-9H2,1-5H3,(H,15,19). The number of nitrogens with zero attached hydrogens (tertiary/aromatic N) is 3. The largest absolute Gasteiger partial charge is 0.383 e. The molecule has 0 aliphatic heterocycles. The lowest BCUT2D eigenvalue weighted by Crippen LogP contribution is -2.39. The van der Waals surface area contributed by atoms with Gasteiger partial charge in [0.25, 0.3) is 0 Å². The van der Waals surface area contributed by atoms with Crippen molar-refractivity contribution >= 4 is 18.2 Å². The normalized spacial score (nSPS) is 11.5. The monoisotopic (exact) mass is 286 g/mol. The van der Waals surface area contributed by atoms with Gasteiger partial charge in [-0.1, -0.05) is 13.8 Å². The van der Waals surface area contributed by atoms with Crippen LogP contribution in [0.25, 0.3) is 0 Å². The minimum atomic E-state index is 0.292. The number of nitrogens with one attached hydrogen (secondary N) is 1. The maximum atomic E-state index is 5.33. The van der Waals surface area contributed by atoms with Crippen molar-refractivity contribution in [1.82, 2.24) is 14.8 Å². The molecule has 0 spiro atoms. The Morgan fingerprint density at radius 2 is 2.00 bits per heavy atom. The molecule has 1 rings (SSSR count). The van der Waals surface area contributed by atoms with Gasteiger partial charge < -0.3 is 9.64 Å². The van der Waals surface area contributed by atoms with Crippen LogP contribution >= 0.6 is 12.2 Å². The molecule has 6 heteroatoms. The van der Waals surface area contributed by atoms with Crippen LogP contribution in [0.3, 0.4) is 0 Å². The number of aromatic nitrogens is 3. The van der Waals surface area contributed by atoms with Crippen LogP contribution in [0, 0.1) is 4.77 Å². The molecule has 1 heterocycles. The number of ether oxygens (including phenoxy) is 1. The second-order valence-electron chi connectivity index (χ2n) is 4.95. The Balaban J connectivity index is 3.13. The molecule has 0 amide bonds. The molecule has 0 saturated heterocycles. The molecule has 110 valence electrons. The number of anilines is 1. The van der Waals surface area contributed by atoms with Crippen LogP contribution in [-0.4, -0.2) is 41.1 Å². The lowest BCUT2D eigenvalue weighted by molar-refractivity contribution is 0.202. The van der Waals surface area contributed by atoms with E-state index in [0.717, 1.165) is 25.3 Å². The van der Waals surface area contributed by atoms with E-state index in [2.05, 4.69) is 47.4 Å². The summed E-state index contributed by atoms with van der Waals surface area (Å²) in [4.78, 5) is 2.30. The van der Waals surface area contributed by atoms with E-state index in [0.29, 0.717) is 23.5 Å². The number of methoxy groups -OCH3 is 1. The Hall–Kier alpha value is -0.880. The molecule has 0 bridgehead atoms. The summed E-state index contributed by atoms with van der Waals surface area (Å²) in [5, 5.41) is 7.34. The van der Waals surface area contributed by atoms with Crippen LogP contribution in [-0.2, 0) is 4.74 Å². The summed E-state index contributed by atoms with van der Waals surface area (Å²) in [6.45, 7) is 10.2. The fourth-order valence-corrected chi connectivity index (χ4v) is 2.67. The minimum absolute atomic E-state index is 0.292. The molecule has 1 N–H and O–H groups in total. The third-order valence-electron chi connectivity index (χ3n) is 3.38. The first kappa shape index (κ1) is 16.2. The first-order valence-electron chi connectivity index (χ1n) is 6.99. The van der Waals surface area contributed by atoms with Crippen molar-refractivity contribution in [1.29, 1.82) is 0 Å². The molecule has 0 aromatic carbocycles. The van der Waals surface area contributed by atoms with Crippen LogP contribution in [0.4, 0.5) is 5.95 Å². The fourth-order valence-electron chi connectivity index (χ4n) is 2.33. The van der Waals surface area contributed by atoms with Crippen LogP contribution in [0.15, 0.2) is 0 Å². The highest BCUT2D eigenvalue weighted by Gasteiger charge is 2.22. The summed E-state index contributed by atoms with van der Waals surface area (Å²) in [7, 11) is 1.73. The van der Waals surface area contributed by atoms with Crippen molar-refractivity contribution in [3.05, 3.63) is 4.77 Å². The van der Waals surface area contributed by atoms with E-state index >= 15 is 0 Å². The maximum absolute atomic E-state index is 5.33. The summed E-state index contributed by atoms with van der Waals surface area (Å²) in [5.74, 6) is 0.922.